The Kier molecular flexibility index (Phi) is 3.38. The first-order chi connectivity index (χ1) is 7.02. The van der Waals surface area contributed by atoms with E-state index < -0.39 is 17.6 Å². The van der Waals surface area contributed by atoms with Gasteiger partial charge in [0.1, 0.15) is 5.82 Å². The van der Waals surface area contributed by atoms with Gasteiger partial charge in [0.2, 0.25) is 0 Å². The number of hydrogen-bond acceptors (Lipinski definition) is 3. The molecule has 0 aliphatic rings. The first kappa shape index (κ1) is 11.2. The maximum atomic E-state index is 12.9. The molecule has 1 aromatic carbocycles. The molecule has 0 saturated heterocycles. The first-order valence-corrected chi connectivity index (χ1v) is 4.31. The summed E-state index contributed by atoms with van der Waals surface area (Å²) in [6.45, 7) is 0. The van der Waals surface area contributed by atoms with E-state index in [4.69, 9.17) is 10.8 Å². The lowest BCUT2D eigenvalue weighted by atomic mass is 10.0. The first-order valence-electron chi connectivity index (χ1n) is 4.31. The maximum Gasteiger partial charge on any atom is 0.303 e. The lowest BCUT2D eigenvalue weighted by Crippen LogP contribution is -2.07. The maximum absolute atomic E-state index is 12.9. The van der Waals surface area contributed by atoms with E-state index in [0.29, 0.717) is 0 Å². The fraction of sp³-hybridized carbons (Fsp3) is 0.200. The minimum absolute atomic E-state index is 0.0382. The Morgan fingerprint density at radius 3 is 2.60 bits per heavy atom. The number of carbonyl (C=O) groups is 2. The molecule has 1 rings (SSSR count). The summed E-state index contributed by atoms with van der Waals surface area (Å²) >= 11 is 0. The molecule has 0 aliphatic carbocycles. The second kappa shape index (κ2) is 4.54. The molecule has 15 heavy (non-hydrogen) atoms. The highest BCUT2D eigenvalue weighted by Crippen LogP contribution is 2.17. The molecule has 80 valence electrons. The summed E-state index contributed by atoms with van der Waals surface area (Å²) < 4.78 is 12.9. The Morgan fingerprint density at radius 2 is 2.00 bits per heavy atom. The second-order valence-electron chi connectivity index (χ2n) is 3.02. The number of nitrogen functional groups attached to an aromatic ring is 1. The van der Waals surface area contributed by atoms with Crippen molar-refractivity contribution in [1.29, 1.82) is 0 Å². The van der Waals surface area contributed by atoms with Gasteiger partial charge in [0.15, 0.2) is 5.78 Å². The molecule has 0 aliphatic heterocycles. The van der Waals surface area contributed by atoms with Crippen molar-refractivity contribution in [2.45, 2.75) is 12.8 Å². The van der Waals surface area contributed by atoms with Crippen molar-refractivity contribution < 1.29 is 19.1 Å². The summed E-state index contributed by atoms with van der Waals surface area (Å²) in [7, 11) is 0. The van der Waals surface area contributed by atoms with Crippen molar-refractivity contribution in [3.05, 3.63) is 29.6 Å². The number of carbonyl (C=O) groups excluding carboxylic acids is 1. The Bertz CT molecular complexity index is 404. The zero-order valence-corrected chi connectivity index (χ0v) is 7.87. The van der Waals surface area contributed by atoms with Crippen molar-refractivity contribution >= 4 is 17.4 Å². The molecule has 0 heterocycles. The Hall–Kier alpha value is -1.91. The number of benzene rings is 1. The van der Waals surface area contributed by atoms with Crippen molar-refractivity contribution in [2.24, 2.45) is 0 Å². The van der Waals surface area contributed by atoms with Crippen LogP contribution < -0.4 is 5.73 Å². The third kappa shape index (κ3) is 2.77. The van der Waals surface area contributed by atoms with Crippen LogP contribution in [0.15, 0.2) is 18.2 Å². The normalized spacial score (nSPS) is 9.93. The molecule has 4 nitrogen and oxygen atoms in total. The van der Waals surface area contributed by atoms with Gasteiger partial charge in [0, 0.05) is 12.0 Å². The van der Waals surface area contributed by atoms with Crippen LogP contribution in [0.2, 0.25) is 0 Å². The summed E-state index contributed by atoms with van der Waals surface area (Å²) in [5.74, 6) is -2.20. The number of carboxylic acids is 1. The molecule has 0 aromatic heterocycles. The fourth-order valence-electron chi connectivity index (χ4n) is 1.14. The third-order valence-electron chi connectivity index (χ3n) is 1.92. The molecule has 0 amide bonds. The summed E-state index contributed by atoms with van der Waals surface area (Å²) in [4.78, 5) is 21.6. The SMILES string of the molecule is Nc1c(F)cccc1C(=O)CCC(=O)O. The quantitative estimate of drug-likeness (QED) is 0.583. The molecule has 0 atom stereocenters. The molecular formula is C10H10FNO3. The summed E-state index contributed by atoms with van der Waals surface area (Å²) in [6.07, 6.45) is -0.461. The number of halogens is 1. The number of hydrogen-bond donors (Lipinski definition) is 2. The topological polar surface area (TPSA) is 80.4 Å². The minimum atomic E-state index is -1.07. The van der Waals surface area contributed by atoms with Crippen LogP contribution in [0.1, 0.15) is 23.2 Å². The zero-order valence-electron chi connectivity index (χ0n) is 7.87. The van der Waals surface area contributed by atoms with Gasteiger partial charge in [0.05, 0.1) is 12.1 Å². The average molecular weight is 211 g/mol. The van der Waals surface area contributed by atoms with Gasteiger partial charge in [-0.3, -0.25) is 9.59 Å². The molecule has 1 aromatic rings. The van der Waals surface area contributed by atoms with Crippen LogP contribution in [0.5, 0.6) is 0 Å². The van der Waals surface area contributed by atoms with Crippen LogP contribution in [-0.4, -0.2) is 16.9 Å². The minimum Gasteiger partial charge on any atom is -0.481 e. The van der Waals surface area contributed by atoms with Crippen molar-refractivity contribution in [3.63, 3.8) is 0 Å². The van der Waals surface area contributed by atoms with Crippen LogP contribution in [0, 0.1) is 5.82 Å². The van der Waals surface area contributed by atoms with Crippen molar-refractivity contribution in [1.82, 2.24) is 0 Å². The predicted molar refractivity (Wildman–Crippen MR) is 52.0 cm³/mol. The second-order valence-corrected chi connectivity index (χ2v) is 3.02. The standard InChI is InChI=1S/C10H10FNO3/c11-7-3-1-2-6(10(7)12)8(13)4-5-9(14)15/h1-3H,4-5,12H2,(H,14,15). The van der Waals surface area contributed by atoms with Gasteiger partial charge in [0.25, 0.3) is 0 Å². The van der Waals surface area contributed by atoms with E-state index in [1.807, 2.05) is 0 Å². The van der Waals surface area contributed by atoms with Crippen molar-refractivity contribution in [3.8, 4) is 0 Å². The molecule has 0 spiro atoms. The number of aliphatic carboxylic acids is 1. The van der Waals surface area contributed by atoms with Gasteiger partial charge in [-0.05, 0) is 12.1 Å². The summed E-state index contributed by atoms with van der Waals surface area (Å²) in [6, 6.07) is 3.88. The van der Waals surface area contributed by atoms with Crippen LogP contribution in [0.3, 0.4) is 0 Å². The fourth-order valence-corrected chi connectivity index (χ4v) is 1.14. The monoisotopic (exact) mass is 211 g/mol. The molecule has 0 fully saturated rings. The van der Waals surface area contributed by atoms with E-state index in [1.54, 1.807) is 0 Å². The lowest BCUT2D eigenvalue weighted by molar-refractivity contribution is -0.136. The smallest absolute Gasteiger partial charge is 0.303 e. The number of Topliss-reactive ketones (excluding diaryl/α,β-unsaturated/α-hetero) is 1. The molecule has 0 unspecified atom stereocenters. The van der Waals surface area contributed by atoms with Gasteiger partial charge in [-0.2, -0.15) is 0 Å². The van der Waals surface area contributed by atoms with Crippen LogP contribution in [-0.2, 0) is 4.79 Å². The number of para-hydroxylation sites is 1. The van der Waals surface area contributed by atoms with E-state index in [1.165, 1.54) is 12.1 Å². The highest BCUT2D eigenvalue weighted by Gasteiger charge is 2.13. The molecule has 0 radical (unpaired) electrons. The van der Waals surface area contributed by atoms with Gasteiger partial charge in [-0.1, -0.05) is 6.07 Å². The number of carboxylic acid groups (broad SMARTS) is 1. The average Bonchev–Trinajstić information content (AvgIpc) is 2.18. The third-order valence-corrected chi connectivity index (χ3v) is 1.92. The molecule has 3 N–H and O–H groups in total. The number of nitrogens with two attached hydrogens (primary N) is 1. The number of ketones is 1. The summed E-state index contributed by atoms with van der Waals surface area (Å²) in [5.41, 5.74) is 5.16. The highest BCUT2D eigenvalue weighted by atomic mass is 19.1. The van der Waals surface area contributed by atoms with E-state index in [0.717, 1.165) is 6.07 Å². The van der Waals surface area contributed by atoms with E-state index >= 15 is 0 Å². The molecule has 0 bridgehead atoms. The van der Waals surface area contributed by atoms with Crippen molar-refractivity contribution in [2.75, 3.05) is 5.73 Å². The predicted octanol–water partition coefficient (Wildman–Crippen LogP) is 1.46. The largest absolute Gasteiger partial charge is 0.481 e. The van der Waals surface area contributed by atoms with Gasteiger partial charge < -0.3 is 10.8 Å². The van der Waals surface area contributed by atoms with Gasteiger partial charge in [-0.25, -0.2) is 4.39 Å². The van der Waals surface area contributed by atoms with E-state index in [-0.39, 0.29) is 24.1 Å². The molecular weight excluding hydrogens is 201 g/mol. The number of rotatable bonds is 4. The van der Waals surface area contributed by atoms with Crippen LogP contribution >= 0.6 is 0 Å². The lowest BCUT2D eigenvalue weighted by Gasteiger charge is -2.04. The number of anilines is 1. The van der Waals surface area contributed by atoms with Crippen LogP contribution in [0.4, 0.5) is 10.1 Å². The Morgan fingerprint density at radius 1 is 1.33 bits per heavy atom. The van der Waals surface area contributed by atoms with E-state index in [9.17, 15) is 14.0 Å². The molecule has 5 heteroatoms. The van der Waals surface area contributed by atoms with Crippen LogP contribution in [0.25, 0.3) is 0 Å². The molecule has 0 saturated carbocycles. The Labute approximate surface area is 85.5 Å². The highest BCUT2D eigenvalue weighted by molar-refractivity contribution is 6.01. The van der Waals surface area contributed by atoms with Gasteiger partial charge >= 0.3 is 5.97 Å². The summed E-state index contributed by atoms with van der Waals surface area (Å²) in [5, 5.41) is 8.38. The zero-order chi connectivity index (χ0) is 11.4. The van der Waals surface area contributed by atoms with Gasteiger partial charge in [-0.15, -0.1) is 0 Å². The Balaban J connectivity index is 2.82. The van der Waals surface area contributed by atoms with E-state index in [2.05, 4.69) is 0 Å².